The molecule has 1 fully saturated rings. The first-order chi connectivity index (χ1) is 22.2. The van der Waals surface area contributed by atoms with Crippen molar-refractivity contribution in [3.63, 3.8) is 0 Å². The number of nitrogens with zero attached hydrogens (tertiary/aromatic N) is 5. The Kier molecular flexibility index (Phi) is 12.3. The number of rotatable bonds is 6. The van der Waals surface area contributed by atoms with Gasteiger partial charge < -0.3 is 37.9 Å². The third kappa shape index (κ3) is 9.12. The molecular weight excluding hydrogens is 578 g/mol. The molecule has 1 aliphatic rings. The molecule has 0 bridgehead atoms. The molecule has 0 amide bonds. The Bertz CT molecular complexity index is 1500. The van der Waals surface area contributed by atoms with Crippen molar-refractivity contribution in [2.24, 2.45) is 0 Å². The van der Waals surface area contributed by atoms with Crippen LogP contribution >= 0.6 is 0 Å². The van der Waals surface area contributed by atoms with Crippen LogP contribution < -0.4 is 15.4 Å². The number of hydrogen-bond acceptors (Lipinski definition) is 11. The van der Waals surface area contributed by atoms with Gasteiger partial charge in [0.15, 0.2) is 5.69 Å². The average molecular weight is 622 g/mol. The lowest BCUT2D eigenvalue weighted by molar-refractivity contribution is -0.0116. The van der Waals surface area contributed by atoms with Crippen LogP contribution in [0.1, 0.15) is 13.8 Å². The monoisotopic (exact) mass is 621 g/mol. The molecule has 0 saturated carbocycles. The van der Waals surface area contributed by atoms with Crippen molar-refractivity contribution in [1.82, 2.24) is 15.0 Å². The van der Waals surface area contributed by atoms with E-state index < -0.39 is 5.63 Å². The van der Waals surface area contributed by atoms with Gasteiger partial charge >= 0.3 is 5.63 Å². The van der Waals surface area contributed by atoms with Gasteiger partial charge in [0.1, 0.15) is 11.3 Å². The van der Waals surface area contributed by atoms with Gasteiger partial charge in [0.2, 0.25) is 0 Å². The molecule has 0 spiro atoms. The quantitative estimate of drug-likeness (QED) is 0.293. The number of aromatic nitrogens is 3. The van der Waals surface area contributed by atoms with Crippen LogP contribution in [0.3, 0.4) is 0 Å². The van der Waals surface area contributed by atoms with E-state index in [1.165, 1.54) is 4.68 Å². The van der Waals surface area contributed by atoms with Crippen molar-refractivity contribution >= 4 is 22.3 Å². The van der Waals surface area contributed by atoms with Crippen LogP contribution in [0.25, 0.3) is 27.9 Å². The first kappa shape index (κ1) is 32.6. The van der Waals surface area contributed by atoms with E-state index in [0.29, 0.717) is 96.1 Å². The van der Waals surface area contributed by atoms with Gasteiger partial charge in [-0.25, -0.2) is 9.48 Å². The third-order valence-electron chi connectivity index (χ3n) is 7.60. The van der Waals surface area contributed by atoms with Gasteiger partial charge in [0, 0.05) is 54.6 Å². The predicted molar refractivity (Wildman–Crippen MR) is 173 cm³/mol. The molecular formula is C33H43N5O7. The van der Waals surface area contributed by atoms with Gasteiger partial charge in [-0.05, 0) is 44.2 Å². The second kappa shape index (κ2) is 17.0. The van der Waals surface area contributed by atoms with Gasteiger partial charge in [-0.15, -0.1) is 5.10 Å². The molecule has 3 heterocycles. The molecule has 2 aromatic carbocycles. The minimum Gasteiger partial charge on any atom is -0.421 e. The Balaban J connectivity index is 1.25. The molecule has 12 heteroatoms. The third-order valence-corrected chi connectivity index (χ3v) is 7.60. The van der Waals surface area contributed by atoms with E-state index in [2.05, 4.69) is 34.0 Å². The molecule has 0 N–H and O–H groups in total. The van der Waals surface area contributed by atoms with E-state index in [9.17, 15) is 4.79 Å². The summed E-state index contributed by atoms with van der Waals surface area (Å²) in [5.74, 6) is 0. The zero-order valence-electron chi connectivity index (χ0n) is 26.2. The average Bonchev–Trinajstić information content (AvgIpc) is 3.55. The molecule has 2 aromatic heterocycles. The molecule has 242 valence electrons. The smallest absolute Gasteiger partial charge is 0.362 e. The Hall–Kier alpha value is -3.81. The maximum Gasteiger partial charge on any atom is 0.362 e. The van der Waals surface area contributed by atoms with E-state index in [1.54, 1.807) is 12.3 Å². The minimum absolute atomic E-state index is 0.306. The Morgan fingerprint density at radius 2 is 1.31 bits per heavy atom. The van der Waals surface area contributed by atoms with Gasteiger partial charge in [0.05, 0.1) is 72.3 Å². The largest absolute Gasteiger partial charge is 0.421 e. The summed E-state index contributed by atoms with van der Waals surface area (Å²) in [5, 5.41) is 9.40. The highest BCUT2D eigenvalue weighted by Crippen LogP contribution is 2.25. The first-order valence-electron chi connectivity index (χ1n) is 15.7. The van der Waals surface area contributed by atoms with Gasteiger partial charge in [-0.1, -0.05) is 17.3 Å². The minimum atomic E-state index is -0.471. The lowest BCUT2D eigenvalue weighted by Crippen LogP contribution is -2.31. The topological polar surface area (TPSA) is 114 Å². The lowest BCUT2D eigenvalue weighted by atomic mass is 10.1. The van der Waals surface area contributed by atoms with Crippen molar-refractivity contribution in [1.29, 1.82) is 0 Å². The van der Waals surface area contributed by atoms with Crippen LogP contribution in [0.15, 0.2) is 63.9 Å². The number of ether oxygens (including phenoxy) is 5. The number of hydrogen-bond donors (Lipinski definition) is 0. The summed E-state index contributed by atoms with van der Waals surface area (Å²) < 4.78 is 35.4. The normalized spacial score (nSPS) is 16.7. The Labute approximate surface area is 263 Å². The van der Waals surface area contributed by atoms with E-state index in [1.807, 2.05) is 42.5 Å². The van der Waals surface area contributed by atoms with Crippen LogP contribution in [0.5, 0.6) is 0 Å². The number of benzene rings is 2. The van der Waals surface area contributed by atoms with Gasteiger partial charge in [-0.3, -0.25) is 0 Å². The molecule has 0 unspecified atom stereocenters. The van der Waals surface area contributed by atoms with Gasteiger partial charge in [-0.2, -0.15) is 0 Å². The van der Waals surface area contributed by atoms with E-state index in [4.69, 9.17) is 28.1 Å². The highest BCUT2D eigenvalue weighted by Gasteiger charge is 2.14. The van der Waals surface area contributed by atoms with Crippen LogP contribution in [0.2, 0.25) is 0 Å². The van der Waals surface area contributed by atoms with E-state index in [0.717, 1.165) is 35.4 Å². The maximum atomic E-state index is 12.9. The van der Waals surface area contributed by atoms with Crippen molar-refractivity contribution in [3.8, 4) is 16.9 Å². The van der Waals surface area contributed by atoms with Crippen molar-refractivity contribution in [2.45, 2.75) is 13.8 Å². The zero-order valence-corrected chi connectivity index (χ0v) is 26.2. The summed E-state index contributed by atoms with van der Waals surface area (Å²) in [6.07, 6.45) is 1.74. The summed E-state index contributed by atoms with van der Waals surface area (Å²) in [5.41, 5.74) is 3.96. The molecule has 12 nitrogen and oxygen atoms in total. The van der Waals surface area contributed by atoms with Crippen LogP contribution in [-0.4, -0.2) is 107 Å². The zero-order chi connectivity index (χ0) is 31.3. The Morgan fingerprint density at radius 1 is 0.733 bits per heavy atom. The SMILES string of the molecule is CCN(CC)c1ccc2cc(-n3cc(-c4ccc(N5CCOCCOCCOCCOCCOCC5)cc4)nn3)c(=O)oc2c1. The van der Waals surface area contributed by atoms with Crippen molar-refractivity contribution in [2.75, 3.05) is 102 Å². The first-order valence-corrected chi connectivity index (χ1v) is 15.7. The summed E-state index contributed by atoms with van der Waals surface area (Å²) in [6, 6.07) is 15.8. The molecule has 5 rings (SSSR count). The molecule has 1 saturated heterocycles. The highest BCUT2D eigenvalue weighted by atomic mass is 16.6. The van der Waals surface area contributed by atoms with E-state index >= 15 is 0 Å². The molecule has 1 aliphatic heterocycles. The Morgan fingerprint density at radius 3 is 1.89 bits per heavy atom. The standard InChI is InChI=1S/C33H43N5O7/c1-3-36(4-2)29-10-7-27-23-31(33(39)45-32(27)24-29)38-25-30(34-35-38)26-5-8-28(9-6-26)37-11-13-40-15-17-42-19-21-44-22-20-43-18-16-41-14-12-37/h5-10,23-25H,3-4,11-22H2,1-2H3. The fourth-order valence-electron chi connectivity index (χ4n) is 5.09. The summed E-state index contributed by atoms with van der Waals surface area (Å²) in [6.45, 7) is 12.7. The molecule has 0 aliphatic carbocycles. The number of anilines is 2. The highest BCUT2D eigenvalue weighted by molar-refractivity contribution is 5.82. The molecule has 45 heavy (non-hydrogen) atoms. The fourth-order valence-corrected chi connectivity index (χ4v) is 5.09. The van der Waals surface area contributed by atoms with Crippen LogP contribution in [0.4, 0.5) is 11.4 Å². The predicted octanol–water partition coefficient (Wildman–Crippen LogP) is 3.79. The van der Waals surface area contributed by atoms with Crippen molar-refractivity contribution in [3.05, 3.63) is 65.1 Å². The molecule has 0 atom stereocenters. The van der Waals surface area contributed by atoms with Crippen molar-refractivity contribution < 1.29 is 28.1 Å². The summed E-state index contributed by atoms with van der Waals surface area (Å²) >= 11 is 0. The maximum absolute atomic E-state index is 12.9. The van der Waals surface area contributed by atoms with E-state index in [-0.39, 0.29) is 0 Å². The van der Waals surface area contributed by atoms with Crippen LogP contribution in [-0.2, 0) is 23.7 Å². The number of fused-ring (bicyclic) bond motifs is 1. The second-order valence-corrected chi connectivity index (χ2v) is 10.5. The summed E-state index contributed by atoms with van der Waals surface area (Å²) in [7, 11) is 0. The summed E-state index contributed by atoms with van der Waals surface area (Å²) in [4.78, 5) is 17.4. The lowest BCUT2D eigenvalue weighted by Gasteiger charge is -2.25. The fraction of sp³-hybridized carbons (Fsp3) is 0.485. The molecule has 4 aromatic rings. The molecule has 0 radical (unpaired) electrons. The second-order valence-electron chi connectivity index (χ2n) is 10.5. The van der Waals surface area contributed by atoms with Gasteiger partial charge in [0.25, 0.3) is 0 Å². The van der Waals surface area contributed by atoms with Crippen LogP contribution in [0, 0.1) is 0 Å².